The molecule has 0 saturated carbocycles. The molecule has 0 radical (unpaired) electrons. The van der Waals surface area contributed by atoms with Crippen molar-refractivity contribution in [1.29, 1.82) is 0 Å². The van der Waals surface area contributed by atoms with Gasteiger partial charge in [-0.2, -0.15) is 0 Å². The van der Waals surface area contributed by atoms with Gasteiger partial charge in [0.1, 0.15) is 6.04 Å². The van der Waals surface area contributed by atoms with Crippen LogP contribution in [0.25, 0.3) is 0 Å². The minimum Gasteiger partial charge on any atom is -0.480 e. The molecule has 4 N–H and O–H groups in total. The first-order valence-corrected chi connectivity index (χ1v) is 5.16. The van der Waals surface area contributed by atoms with E-state index >= 15 is 0 Å². The van der Waals surface area contributed by atoms with Crippen molar-refractivity contribution >= 4 is 14.1 Å². The summed E-state index contributed by atoms with van der Waals surface area (Å²) < 4.78 is 0. The maximum Gasteiger partial charge on any atom is 0.320 e. The van der Waals surface area contributed by atoms with Gasteiger partial charge in [0.15, 0.2) is 0 Å². The van der Waals surface area contributed by atoms with Crippen LogP contribution < -0.4 is 5.73 Å². The highest BCUT2D eigenvalue weighted by Gasteiger charge is 2.12. The maximum atomic E-state index is 10.2. The van der Waals surface area contributed by atoms with E-state index < -0.39 is 20.2 Å². The molecule has 2 unspecified atom stereocenters. The van der Waals surface area contributed by atoms with Gasteiger partial charge in [-0.1, -0.05) is 6.92 Å². The van der Waals surface area contributed by atoms with Gasteiger partial charge in [-0.25, -0.2) is 0 Å². The highest BCUT2D eigenvalue weighted by molar-refractivity contribution is 7.51. The average molecular weight is 179 g/mol. The van der Waals surface area contributed by atoms with Crippen molar-refractivity contribution in [1.82, 2.24) is 0 Å². The number of aliphatic carboxylic acids is 1. The minimum absolute atomic E-state index is 0.366. The van der Waals surface area contributed by atoms with E-state index in [0.29, 0.717) is 18.7 Å². The normalized spacial score (nSPS) is 15.9. The second kappa shape index (κ2) is 5.47. The lowest BCUT2D eigenvalue weighted by Crippen LogP contribution is -2.30. The summed E-state index contributed by atoms with van der Waals surface area (Å²) in [6, 6.07) is -0.821. The van der Waals surface area contributed by atoms with E-state index in [1.54, 1.807) is 0 Å². The van der Waals surface area contributed by atoms with E-state index in [2.05, 4.69) is 0 Å². The Hall–Kier alpha value is -0.180. The van der Waals surface area contributed by atoms with Crippen molar-refractivity contribution in [2.75, 3.05) is 12.3 Å². The molecule has 0 aliphatic heterocycles. The van der Waals surface area contributed by atoms with Gasteiger partial charge in [-0.3, -0.25) is 4.79 Å². The zero-order valence-electron chi connectivity index (χ0n) is 6.53. The number of nitrogens with two attached hydrogens (primary N) is 1. The monoisotopic (exact) mass is 179 g/mol. The molecule has 0 aromatic heterocycles. The number of carboxylic acids is 1. The molecule has 0 heterocycles. The number of carboxylic acid groups (broad SMARTS) is 1. The predicted octanol–water partition coefficient (Wildman–Crippen LogP) is 0.197. The summed E-state index contributed by atoms with van der Waals surface area (Å²) in [6.07, 6.45) is 1.60. The topological polar surface area (TPSA) is 83.5 Å². The highest BCUT2D eigenvalue weighted by Crippen LogP contribution is 2.29. The lowest BCUT2D eigenvalue weighted by atomic mass is 10.2. The Morgan fingerprint density at radius 1 is 1.73 bits per heavy atom. The Bertz CT molecular complexity index is 131. The van der Waals surface area contributed by atoms with Gasteiger partial charge in [-0.05, 0) is 18.7 Å². The fourth-order valence-electron chi connectivity index (χ4n) is 0.570. The molecule has 0 aromatic rings. The van der Waals surface area contributed by atoms with Gasteiger partial charge >= 0.3 is 5.97 Å². The largest absolute Gasteiger partial charge is 0.480 e. The predicted molar refractivity (Wildman–Crippen MR) is 44.8 cm³/mol. The molecule has 0 fully saturated rings. The van der Waals surface area contributed by atoms with Crippen molar-refractivity contribution in [3.05, 3.63) is 0 Å². The van der Waals surface area contributed by atoms with Crippen LogP contribution in [-0.4, -0.2) is 34.3 Å². The summed E-state index contributed by atoms with van der Waals surface area (Å²) in [6.45, 7) is 1.87. The summed E-state index contributed by atoms with van der Waals surface area (Å²) >= 11 is 0. The Morgan fingerprint density at radius 3 is 2.64 bits per heavy atom. The highest BCUT2D eigenvalue weighted by atomic mass is 31.1. The van der Waals surface area contributed by atoms with Crippen molar-refractivity contribution in [3.8, 4) is 0 Å². The maximum absolute atomic E-state index is 10.2. The van der Waals surface area contributed by atoms with Gasteiger partial charge in [0.2, 0.25) is 0 Å². The molecule has 11 heavy (non-hydrogen) atoms. The quantitative estimate of drug-likeness (QED) is 0.526. The first-order chi connectivity index (χ1) is 5.07. The smallest absolute Gasteiger partial charge is 0.320 e. The van der Waals surface area contributed by atoms with E-state index in [1.165, 1.54) is 0 Å². The summed E-state index contributed by atoms with van der Waals surface area (Å²) in [5, 5.41) is 8.37. The molecule has 0 bridgehead atoms. The van der Waals surface area contributed by atoms with E-state index in [1.807, 2.05) is 6.92 Å². The molecule has 5 heteroatoms. The van der Waals surface area contributed by atoms with Crippen LogP contribution in [0.4, 0.5) is 0 Å². The van der Waals surface area contributed by atoms with Crippen LogP contribution in [0.15, 0.2) is 0 Å². The van der Waals surface area contributed by atoms with E-state index in [-0.39, 0.29) is 0 Å². The molecule has 2 atom stereocenters. The molecular formula is C6H14NO3P. The van der Waals surface area contributed by atoms with E-state index in [4.69, 9.17) is 15.7 Å². The van der Waals surface area contributed by atoms with Crippen molar-refractivity contribution in [2.24, 2.45) is 5.73 Å². The average Bonchev–Trinajstić information content (AvgIpc) is 1.99. The number of hydrogen-bond acceptors (Lipinski definition) is 3. The van der Waals surface area contributed by atoms with Crippen LogP contribution >= 0.6 is 8.15 Å². The van der Waals surface area contributed by atoms with Gasteiger partial charge in [0.05, 0.1) is 0 Å². The van der Waals surface area contributed by atoms with Gasteiger partial charge in [-0.15, -0.1) is 0 Å². The third-order valence-corrected chi connectivity index (χ3v) is 2.88. The molecule has 0 aromatic carbocycles. The Labute approximate surface area is 67.2 Å². The summed E-state index contributed by atoms with van der Waals surface area (Å²) in [5.41, 5.74) is 5.22. The SMILES string of the molecule is CCP(O)CCC(N)C(=O)O. The van der Waals surface area contributed by atoms with Crippen molar-refractivity contribution < 1.29 is 14.8 Å². The van der Waals surface area contributed by atoms with Crippen LogP contribution in [0.2, 0.25) is 0 Å². The number of hydrogen-bond donors (Lipinski definition) is 3. The van der Waals surface area contributed by atoms with E-state index in [9.17, 15) is 4.79 Å². The second-order valence-electron chi connectivity index (χ2n) is 2.28. The third-order valence-electron chi connectivity index (χ3n) is 1.38. The summed E-state index contributed by atoms with van der Waals surface area (Å²) in [5.74, 6) is -0.996. The lowest BCUT2D eigenvalue weighted by Gasteiger charge is -2.09. The first kappa shape index (κ1) is 10.8. The number of rotatable bonds is 5. The van der Waals surface area contributed by atoms with Gasteiger partial charge in [0.25, 0.3) is 0 Å². The zero-order valence-corrected chi connectivity index (χ0v) is 7.42. The molecule has 0 saturated heterocycles. The van der Waals surface area contributed by atoms with Crippen LogP contribution in [0.5, 0.6) is 0 Å². The van der Waals surface area contributed by atoms with Crippen molar-refractivity contribution in [2.45, 2.75) is 19.4 Å². The fourth-order valence-corrected chi connectivity index (χ4v) is 1.46. The van der Waals surface area contributed by atoms with Crippen molar-refractivity contribution in [3.63, 3.8) is 0 Å². The minimum atomic E-state index is -0.996. The molecule has 0 spiro atoms. The molecule has 4 nitrogen and oxygen atoms in total. The molecular weight excluding hydrogens is 165 g/mol. The molecule has 66 valence electrons. The fraction of sp³-hybridized carbons (Fsp3) is 0.833. The number of carbonyl (C=O) groups is 1. The van der Waals surface area contributed by atoms with Crippen LogP contribution in [0.1, 0.15) is 13.3 Å². The molecule has 0 amide bonds. The summed E-state index contributed by atoms with van der Waals surface area (Å²) in [7, 11) is -0.979. The first-order valence-electron chi connectivity index (χ1n) is 3.50. The van der Waals surface area contributed by atoms with Crippen LogP contribution in [-0.2, 0) is 4.79 Å². The van der Waals surface area contributed by atoms with Crippen LogP contribution in [0, 0.1) is 0 Å². The van der Waals surface area contributed by atoms with Gasteiger partial charge in [0, 0.05) is 8.15 Å². The Kier molecular flexibility index (Phi) is 5.38. The standard InChI is InChI=1S/C6H14NO3P/c1-2-11(10)4-3-5(7)6(8)9/h5,10H,2-4,7H2,1H3,(H,8,9). The van der Waals surface area contributed by atoms with Gasteiger partial charge < -0.3 is 15.7 Å². The molecule has 0 aliphatic rings. The van der Waals surface area contributed by atoms with Crippen LogP contribution in [0.3, 0.4) is 0 Å². The Balaban J connectivity index is 3.45. The Morgan fingerprint density at radius 2 is 2.27 bits per heavy atom. The second-order valence-corrected chi connectivity index (χ2v) is 4.37. The zero-order chi connectivity index (χ0) is 8.85. The third kappa shape index (κ3) is 5.13. The summed E-state index contributed by atoms with van der Waals surface area (Å²) in [4.78, 5) is 19.3. The molecule has 0 aliphatic carbocycles. The van der Waals surface area contributed by atoms with E-state index in [0.717, 1.165) is 0 Å². The lowest BCUT2D eigenvalue weighted by molar-refractivity contribution is -0.138. The molecule has 0 rings (SSSR count).